The van der Waals surface area contributed by atoms with Gasteiger partial charge in [-0.05, 0) is 69.5 Å². The number of benzene rings is 1. The molecule has 3 rings (SSSR count). The van der Waals surface area contributed by atoms with Crippen LogP contribution >= 0.6 is 11.3 Å². The molecule has 0 bridgehead atoms. The molecule has 1 fully saturated rings. The summed E-state index contributed by atoms with van der Waals surface area (Å²) < 4.78 is 13.0. The summed E-state index contributed by atoms with van der Waals surface area (Å²) in [6.07, 6.45) is 3.45. The Morgan fingerprint density at radius 1 is 1.42 bits per heavy atom. The minimum Gasteiger partial charge on any atom is -0.351 e. The van der Waals surface area contributed by atoms with Crippen LogP contribution < -0.4 is 10.6 Å². The summed E-state index contributed by atoms with van der Waals surface area (Å²) in [5.74, 6) is 0.306. The van der Waals surface area contributed by atoms with Crippen molar-refractivity contribution < 1.29 is 9.18 Å². The Labute approximate surface area is 145 Å². The van der Waals surface area contributed by atoms with E-state index in [0.29, 0.717) is 17.3 Å². The number of aromatic nitrogens is 1. The van der Waals surface area contributed by atoms with Crippen LogP contribution in [0.5, 0.6) is 0 Å². The van der Waals surface area contributed by atoms with Crippen molar-refractivity contribution in [3.63, 3.8) is 0 Å². The molecule has 2 heterocycles. The van der Waals surface area contributed by atoms with Gasteiger partial charge in [0.2, 0.25) is 0 Å². The van der Waals surface area contributed by atoms with E-state index in [0.717, 1.165) is 35.8 Å². The normalized spacial score (nSPS) is 17.7. The first-order valence-corrected chi connectivity index (χ1v) is 9.17. The van der Waals surface area contributed by atoms with Gasteiger partial charge >= 0.3 is 0 Å². The molecule has 0 radical (unpaired) electrons. The molecule has 2 N–H and O–H groups in total. The van der Waals surface area contributed by atoms with Crippen LogP contribution in [0.2, 0.25) is 0 Å². The summed E-state index contributed by atoms with van der Waals surface area (Å²) in [7, 11) is 0. The molecular formula is C18H22FN3OS. The lowest BCUT2D eigenvalue weighted by atomic mass is 9.96. The van der Waals surface area contributed by atoms with Crippen molar-refractivity contribution >= 4 is 17.2 Å². The summed E-state index contributed by atoms with van der Waals surface area (Å²) in [5.41, 5.74) is 1.55. The highest BCUT2D eigenvalue weighted by atomic mass is 32.1. The van der Waals surface area contributed by atoms with E-state index in [1.165, 1.54) is 36.3 Å². The predicted octanol–water partition coefficient (Wildman–Crippen LogP) is 3.38. The molecule has 2 aromatic rings. The number of rotatable bonds is 5. The van der Waals surface area contributed by atoms with Crippen molar-refractivity contribution in [1.82, 2.24) is 15.6 Å². The average molecular weight is 347 g/mol. The molecule has 0 aliphatic carbocycles. The molecule has 1 saturated heterocycles. The van der Waals surface area contributed by atoms with Crippen LogP contribution in [0.3, 0.4) is 0 Å². The molecule has 1 aromatic carbocycles. The zero-order chi connectivity index (χ0) is 16.9. The number of nitrogens with zero attached hydrogens (tertiary/aromatic N) is 1. The lowest BCUT2D eigenvalue weighted by Crippen LogP contribution is -2.33. The Hall–Kier alpha value is -1.79. The highest BCUT2D eigenvalue weighted by Gasteiger charge is 2.17. The van der Waals surface area contributed by atoms with E-state index < -0.39 is 0 Å². The maximum Gasteiger partial charge on any atom is 0.263 e. The smallest absolute Gasteiger partial charge is 0.263 e. The third-order valence-corrected chi connectivity index (χ3v) is 5.54. The van der Waals surface area contributed by atoms with Gasteiger partial charge in [-0.2, -0.15) is 0 Å². The largest absolute Gasteiger partial charge is 0.351 e. The fourth-order valence-corrected chi connectivity index (χ4v) is 3.95. The van der Waals surface area contributed by atoms with E-state index >= 15 is 0 Å². The van der Waals surface area contributed by atoms with E-state index in [1.54, 1.807) is 12.1 Å². The molecule has 1 atom stereocenters. The Morgan fingerprint density at radius 2 is 2.21 bits per heavy atom. The third-order valence-electron chi connectivity index (χ3n) is 4.33. The second-order valence-electron chi connectivity index (χ2n) is 6.20. The van der Waals surface area contributed by atoms with Gasteiger partial charge in [-0.3, -0.25) is 4.79 Å². The number of halogens is 1. The fraction of sp³-hybridized carbons (Fsp3) is 0.444. The number of nitrogens with one attached hydrogen (secondary N) is 2. The van der Waals surface area contributed by atoms with Gasteiger partial charge in [-0.15, -0.1) is 11.3 Å². The number of aryl methyl sites for hydroxylation is 1. The van der Waals surface area contributed by atoms with Crippen LogP contribution in [-0.2, 0) is 0 Å². The van der Waals surface area contributed by atoms with E-state index in [4.69, 9.17) is 0 Å². The number of hydrogen-bond acceptors (Lipinski definition) is 4. The standard InChI is InChI=1S/C18H22FN3OS/c1-12-16(17(23)21-10-8-13-3-2-9-20-11-13)24-18(22-12)14-4-6-15(19)7-5-14/h4-7,13,20H,2-3,8-11H2,1H3,(H,21,23). The van der Waals surface area contributed by atoms with Gasteiger partial charge in [-0.25, -0.2) is 9.37 Å². The summed E-state index contributed by atoms with van der Waals surface area (Å²) in [6, 6.07) is 6.19. The first-order valence-electron chi connectivity index (χ1n) is 8.36. The number of amides is 1. The van der Waals surface area contributed by atoms with Gasteiger partial charge < -0.3 is 10.6 Å². The van der Waals surface area contributed by atoms with E-state index in [9.17, 15) is 9.18 Å². The summed E-state index contributed by atoms with van der Waals surface area (Å²) >= 11 is 1.35. The molecule has 1 amide bonds. The van der Waals surface area contributed by atoms with Gasteiger partial charge in [0.25, 0.3) is 5.91 Å². The molecule has 6 heteroatoms. The minimum atomic E-state index is -0.276. The third kappa shape index (κ3) is 4.19. The summed E-state index contributed by atoms with van der Waals surface area (Å²) in [5, 5.41) is 7.14. The number of thiazole rings is 1. The molecule has 4 nitrogen and oxygen atoms in total. The van der Waals surface area contributed by atoms with Gasteiger partial charge in [0, 0.05) is 12.1 Å². The molecule has 128 valence electrons. The maximum absolute atomic E-state index is 13.0. The second kappa shape index (κ2) is 7.85. The number of piperidine rings is 1. The van der Waals surface area contributed by atoms with Crippen LogP contribution in [0.15, 0.2) is 24.3 Å². The predicted molar refractivity (Wildman–Crippen MR) is 94.8 cm³/mol. The van der Waals surface area contributed by atoms with Crippen LogP contribution in [0, 0.1) is 18.7 Å². The van der Waals surface area contributed by atoms with E-state index in [2.05, 4.69) is 15.6 Å². The van der Waals surface area contributed by atoms with Crippen LogP contribution in [0.1, 0.15) is 34.6 Å². The van der Waals surface area contributed by atoms with Crippen molar-refractivity contribution in [1.29, 1.82) is 0 Å². The minimum absolute atomic E-state index is 0.0675. The average Bonchev–Trinajstić information content (AvgIpc) is 2.98. The lowest BCUT2D eigenvalue weighted by Gasteiger charge is -2.22. The molecular weight excluding hydrogens is 325 g/mol. The SMILES string of the molecule is Cc1nc(-c2ccc(F)cc2)sc1C(=O)NCCC1CCCNC1. The molecule has 1 aliphatic heterocycles. The van der Waals surface area contributed by atoms with Gasteiger partial charge in [0.15, 0.2) is 0 Å². The van der Waals surface area contributed by atoms with Gasteiger partial charge in [0.1, 0.15) is 15.7 Å². The van der Waals surface area contributed by atoms with Crippen molar-refractivity contribution in [3.05, 3.63) is 40.7 Å². The summed E-state index contributed by atoms with van der Waals surface area (Å²) in [6.45, 7) is 4.68. The molecule has 1 aliphatic rings. The molecule has 0 spiro atoms. The first-order chi connectivity index (χ1) is 11.6. The Bertz CT molecular complexity index is 693. The van der Waals surface area contributed by atoms with Crippen LogP contribution in [0.25, 0.3) is 10.6 Å². The lowest BCUT2D eigenvalue weighted by molar-refractivity contribution is 0.0954. The monoisotopic (exact) mass is 347 g/mol. The quantitative estimate of drug-likeness (QED) is 0.872. The zero-order valence-corrected chi connectivity index (χ0v) is 14.6. The number of carbonyl (C=O) groups is 1. The highest BCUT2D eigenvalue weighted by molar-refractivity contribution is 7.17. The maximum atomic E-state index is 13.0. The van der Waals surface area contributed by atoms with Crippen molar-refractivity contribution in [2.75, 3.05) is 19.6 Å². The van der Waals surface area contributed by atoms with Crippen LogP contribution in [-0.4, -0.2) is 30.5 Å². The van der Waals surface area contributed by atoms with Crippen LogP contribution in [0.4, 0.5) is 4.39 Å². The summed E-state index contributed by atoms with van der Waals surface area (Å²) in [4.78, 5) is 17.5. The van der Waals surface area contributed by atoms with E-state index in [1.807, 2.05) is 6.92 Å². The molecule has 1 unspecified atom stereocenters. The fourth-order valence-electron chi connectivity index (χ4n) is 2.96. The Kier molecular flexibility index (Phi) is 5.58. The van der Waals surface area contributed by atoms with Crippen molar-refractivity contribution in [2.24, 2.45) is 5.92 Å². The first kappa shape index (κ1) is 17.0. The molecule has 24 heavy (non-hydrogen) atoms. The molecule has 1 aromatic heterocycles. The Balaban J connectivity index is 1.59. The number of carbonyl (C=O) groups excluding carboxylic acids is 1. The second-order valence-corrected chi connectivity index (χ2v) is 7.20. The Morgan fingerprint density at radius 3 is 2.92 bits per heavy atom. The van der Waals surface area contributed by atoms with Gasteiger partial charge in [-0.1, -0.05) is 0 Å². The van der Waals surface area contributed by atoms with Crippen molar-refractivity contribution in [3.8, 4) is 10.6 Å². The number of hydrogen-bond donors (Lipinski definition) is 2. The van der Waals surface area contributed by atoms with Gasteiger partial charge in [0.05, 0.1) is 5.69 Å². The molecule has 0 saturated carbocycles. The van der Waals surface area contributed by atoms with Crippen molar-refractivity contribution in [2.45, 2.75) is 26.2 Å². The highest BCUT2D eigenvalue weighted by Crippen LogP contribution is 2.28. The zero-order valence-electron chi connectivity index (χ0n) is 13.8. The van der Waals surface area contributed by atoms with E-state index in [-0.39, 0.29) is 11.7 Å². The topological polar surface area (TPSA) is 54.0 Å².